The average molecular weight is 507 g/mol. The molecule has 36 heavy (non-hydrogen) atoms. The molecule has 2 saturated heterocycles. The quantitative estimate of drug-likeness (QED) is 0.532. The summed E-state index contributed by atoms with van der Waals surface area (Å²) in [6.45, 7) is 4.74. The number of halogens is 1. The molecule has 2 unspecified atom stereocenters. The van der Waals surface area contributed by atoms with Crippen molar-refractivity contribution in [2.45, 2.75) is 31.6 Å². The SMILES string of the molecule is O=C(C1CC(N(Cc2ccccc2)Cc2cccs2)CN1C(=O)c1ccc(F)cc1)N1CCNCC1. The van der Waals surface area contributed by atoms with Crippen molar-refractivity contribution in [2.24, 2.45) is 0 Å². The lowest BCUT2D eigenvalue weighted by atomic mass is 10.1. The number of likely N-dealkylation sites (tertiary alicyclic amines) is 1. The van der Waals surface area contributed by atoms with Gasteiger partial charge >= 0.3 is 0 Å². The van der Waals surface area contributed by atoms with E-state index in [1.807, 2.05) is 23.1 Å². The third-order valence-corrected chi connectivity index (χ3v) is 7.89. The highest BCUT2D eigenvalue weighted by Crippen LogP contribution is 2.29. The lowest BCUT2D eigenvalue weighted by molar-refractivity contribution is -0.135. The maximum Gasteiger partial charge on any atom is 0.254 e. The molecule has 2 atom stereocenters. The standard InChI is InChI=1S/C28H31FN4O2S/c29-23-10-8-22(9-11-23)27(34)33-19-24(17-26(33)28(35)31-14-12-30-13-15-31)32(20-25-7-4-16-36-25)18-21-5-2-1-3-6-21/h1-11,16,24,26,30H,12-15,17-20H2. The zero-order valence-electron chi connectivity index (χ0n) is 20.2. The lowest BCUT2D eigenvalue weighted by Gasteiger charge is -2.32. The van der Waals surface area contributed by atoms with Crippen molar-refractivity contribution in [1.82, 2.24) is 20.0 Å². The molecule has 0 spiro atoms. The minimum Gasteiger partial charge on any atom is -0.338 e. The topological polar surface area (TPSA) is 55.9 Å². The van der Waals surface area contributed by atoms with Gasteiger partial charge in [0.1, 0.15) is 11.9 Å². The summed E-state index contributed by atoms with van der Waals surface area (Å²) in [6.07, 6.45) is 0.577. The predicted octanol–water partition coefficient (Wildman–Crippen LogP) is 3.60. The second-order valence-electron chi connectivity index (χ2n) is 9.41. The van der Waals surface area contributed by atoms with Gasteiger partial charge in [0.05, 0.1) is 0 Å². The molecule has 0 radical (unpaired) electrons. The molecule has 0 saturated carbocycles. The minimum absolute atomic E-state index is 0.00486. The summed E-state index contributed by atoms with van der Waals surface area (Å²) >= 11 is 1.72. The van der Waals surface area contributed by atoms with Gasteiger partial charge in [-0.25, -0.2) is 4.39 Å². The number of nitrogens with one attached hydrogen (secondary N) is 1. The van der Waals surface area contributed by atoms with Crippen LogP contribution < -0.4 is 5.32 Å². The van der Waals surface area contributed by atoms with E-state index in [1.54, 1.807) is 16.2 Å². The fraction of sp³-hybridized carbons (Fsp3) is 0.357. The van der Waals surface area contributed by atoms with E-state index >= 15 is 0 Å². The first kappa shape index (κ1) is 24.6. The Labute approximate surface area is 215 Å². The monoisotopic (exact) mass is 506 g/mol. The van der Waals surface area contributed by atoms with Gasteiger partial charge in [0.25, 0.3) is 5.91 Å². The Hall–Kier alpha value is -3.07. The van der Waals surface area contributed by atoms with Crippen LogP contribution >= 0.6 is 11.3 Å². The van der Waals surface area contributed by atoms with E-state index in [9.17, 15) is 14.0 Å². The van der Waals surface area contributed by atoms with Crippen LogP contribution in [0.15, 0.2) is 72.1 Å². The van der Waals surface area contributed by atoms with E-state index < -0.39 is 6.04 Å². The number of thiophene rings is 1. The summed E-state index contributed by atoms with van der Waals surface area (Å²) in [5.74, 6) is -0.601. The zero-order valence-corrected chi connectivity index (χ0v) is 21.0. The first-order valence-electron chi connectivity index (χ1n) is 12.4. The lowest BCUT2D eigenvalue weighted by Crippen LogP contribution is -2.53. The number of hydrogen-bond donors (Lipinski definition) is 1. The fourth-order valence-electron chi connectivity index (χ4n) is 5.13. The first-order chi connectivity index (χ1) is 17.6. The Bertz CT molecular complexity index is 1150. The van der Waals surface area contributed by atoms with Crippen LogP contribution in [0.25, 0.3) is 0 Å². The van der Waals surface area contributed by atoms with Gasteiger partial charge in [-0.15, -0.1) is 11.3 Å². The number of carbonyl (C=O) groups is 2. The number of carbonyl (C=O) groups excluding carboxylic acids is 2. The number of rotatable bonds is 7. The largest absolute Gasteiger partial charge is 0.338 e. The molecule has 188 valence electrons. The van der Waals surface area contributed by atoms with Crippen LogP contribution in [0, 0.1) is 5.82 Å². The Morgan fingerprint density at radius 2 is 1.72 bits per heavy atom. The molecular formula is C28H31FN4O2S. The van der Waals surface area contributed by atoms with Crippen LogP contribution in [0.3, 0.4) is 0 Å². The number of amides is 2. The van der Waals surface area contributed by atoms with E-state index in [-0.39, 0.29) is 23.7 Å². The molecule has 6 nitrogen and oxygen atoms in total. The van der Waals surface area contributed by atoms with Gasteiger partial charge in [-0.2, -0.15) is 0 Å². The van der Waals surface area contributed by atoms with Crippen LogP contribution in [-0.4, -0.2) is 71.3 Å². The number of benzene rings is 2. The van der Waals surface area contributed by atoms with Crippen molar-refractivity contribution >= 4 is 23.2 Å². The molecule has 8 heteroatoms. The maximum atomic E-state index is 13.7. The van der Waals surface area contributed by atoms with Gasteiger partial charge in [-0.3, -0.25) is 14.5 Å². The van der Waals surface area contributed by atoms with Crippen LogP contribution in [0.5, 0.6) is 0 Å². The third kappa shape index (κ3) is 5.67. The summed E-state index contributed by atoms with van der Waals surface area (Å²) < 4.78 is 13.5. The van der Waals surface area contributed by atoms with Crippen molar-refractivity contribution in [1.29, 1.82) is 0 Å². The highest BCUT2D eigenvalue weighted by atomic mass is 32.1. The molecule has 3 heterocycles. The van der Waals surface area contributed by atoms with Crippen molar-refractivity contribution < 1.29 is 14.0 Å². The van der Waals surface area contributed by atoms with Crippen LogP contribution in [0.1, 0.15) is 27.2 Å². The van der Waals surface area contributed by atoms with Crippen LogP contribution in [0.4, 0.5) is 4.39 Å². The van der Waals surface area contributed by atoms with Crippen molar-refractivity contribution in [3.05, 3.63) is 93.9 Å². The maximum absolute atomic E-state index is 13.7. The smallest absolute Gasteiger partial charge is 0.254 e. The van der Waals surface area contributed by atoms with E-state index in [0.717, 1.165) is 26.2 Å². The highest BCUT2D eigenvalue weighted by molar-refractivity contribution is 7.09. The number of piperazine rings is 1. The van der Waals surface area contributed by atoms with Crippen LogP contribution in [-0.2, 0) is 17.9 Å². The second-order valence-corrected chi connectivity index (χ2v) is 10.4. The zero-order chi connectivity index (χ0) is 24.9. The Balaban J connectivity index is 1.43. The summed E-state index contributed by atoms with van der Waals surface area (Å²) in [5, 5.41) is 5.36. The molecule has 2 aliphatic heterocycles. The second kappa shape index (κ2) is 11.3. The summed E-state index contributed by atoms with van der Waals surface area (Å²) in [5.41, 5.74) is 1.60. The summed E-state index contributed by atoms with van der Waals surface area (Å²) in [6, 6.07) is 19.6. The van der Waals surface area contributed by atoms with Gasteiger partial charge in [0.15, 0.2) is 0 Å². The van der Waals surface area contributed by atoms with E-state index in [1.165, 1.54) is 34.7 Å². The average Bonchev–Trinajstić information content (AvgIpc) is 3.59. The Kier molecular flexibility index (Phi) is 7.75. The fourth-order valence-corrected chi connectivity index (χ4v) is 5.86. The third-order valence-electron chi connectivity index (χ3n) is 7.03. The van der Waals surface area contributed by atoms with Crippen molar-refractivity contribution in [2.75, 3.05) is 32.7 Å². The first-order valence-corrected chi connectivity index (χ1v) is 13.3. The minimum atomic E-state index is -0.535. The molecule has 0 aliphatic carbocycles. The van der Waals surface area contributed by atoms with Gasteiger partial charge < -0.3 is 15.1 Å². The predicted molar refractivity (Wildman–Crippen MR) is 139 cm³/mol. The molecule has 2 aromatic carbocycles. The van der Waals surface area contributed by atoms with Gasteiger partial charge in [0.2, 0.25) is 5.91 Å². The van der Waals surface area contributed by atoms with Gasteiger partial charge in [-0.1, -0.05) is 36.4 Å². The van der Waals surface area contributed by atoms with E-state index in [0.29, 0.717) is 31.6 Å². The molecule has 0 bridgehead atoms. The summed E-state index contributed by atoms with van der Waals surface area (Å²) in [4.78, 5) is 34.5. The molecule has 1 N–H and O–H groups in total. The Morgan fingerprint density at radius 1 is 0.972 bits per heavy atom. The Morgan fingerprint density at radius 3 is 2.42 bits per heavy atom. The van der Waals surface area contributed by atoms with Crippen LogP contribution in [0.2, 0.25) is 0 Å². The molecule has 3 aromatic rings. The number of nitrogens with zero attached hydrogens (tertiary/aromatic N) is 3. The molecule has 1 aromatic heterocycles. The molecule has 2 amide bonds. The molecule has 2 fully saturated rings. The van der Waals surface area contributed by atoms with E-state index in [2.05, 4.69) is 39.9 Å². The normalized spacial score (nSPS) is 20.2. The van der Waals surface area contributed by atoms with Crippen molar-refractivity contribution in [3.63, 3.8) is 0 Å². The molecular weight excluding hydrogens is 475 g/mol. The van der Waals surface area contributed by atoms with Crippen molar-refractivity contribution in [3.8, 4) is 0 Å². The summed E-state index contributed by atoms with van der Waals surface area (Å²) in [7, 11) is 0. The molecule has 5 rings (SSSR count). The van der Waals surface area contributed by atoms with E-state index in [4.69, 9.17) is 0 Å². The van der Waals surface area contributed by atoms with Gasteiger partial charge in [0, 0.05) is 62.3 Å². The number of hydrogen-bond acceptors (Lipinski definition) is 5. The molecule has 2 aliphatic rings. The van der Waals surface area contributed by atoms with Gasteiger partial charge in [-0.05, 0) is 47.7 Å². The highest BCUT2D eigenvalue weighted by Gasteiger charge is 2.43.